The predicted molar refractivity (Wildman–Crippen MR) is 83.8 cm³/mol. The first kappa shape index (κ1) is 15.4. The molecule has 110 valence electrons. The van der Waals surface area contributed by atoms with E-state index >= 15 is 0 Å². The lowest BCUT2D eigenvalue weighted by atomic mass is 10.1. The minimum absolute atomic E-state index is 0.0507. The van der Waals surface area contributed by atoms with Crippen molar-refractivity contribution in [3.05, 3.63) is 40.0 Å². The van der Waals surface area contributed by atoms with Gasteiger partial charge in [-0.05, 0) is 31.2 Å². The molecule has 0 aliphatic heterocycles. The van der Waals surface area contributed by atoms with Crippen LogP contribution >= 0.6 is 11.6 Å². The first-order chi connectivity index (χ1) is 10.6. The summed E-state index contributed by atoms with van der Waals surface area (Å²) in [6, 6.07) is 9.05. The number of rotatable bonds is 4. The number of halogens is 1. The lowest BCUT2D eigenvalue weighted by Gasteiger charge is -2.08. The molecule has 6 nitrogen and oxygen atoms in total. The van der Waals surface area contributed by atoms with Crippen molar-refractivity contribution in [3.63, 3.8) is 0 Å². The summed E-state index contributed by atoms with van der Waals surface area (Å²) in [4.78, 5) is 0. The van der Waals surface area contributed by atoms with E-state index in [1.165, 1.54) is 0 Å². The van der Waals surface area contributed by atoms with E-state index in [1.807, 2.05) is 19.1 Å². The molecule has 7 heteroatoms. The number of benzene rings is 1. The maximum atomic E-state index is 9.37. The highest BCUT2D eigenvalue weighted by Gasteiger charge is 2.15. The summed E-state index contributed by atoms with van der Waals surface area (Å²) in [6.07, 6.45) is 1.57. The van der Waals surface area contributed by atoms with Crippen LogP contribution < -0.4 is 10.5 Å². The van der Waals surface area contributed by atoms with Crippen molar-refractivity contribution in [3.8, 4) is 17.9 Å². The SMILES string of the molecule is CCOc1ccc(Cl)cc1C=C(C#N)c1[nH]nc(N)c1C#N. The van der Waals surface area contributed by atoms with Crippen LogP contribution in [0.15, 0.2) is 18.2 Å². The fourth-order valence-corrected chi connectivity index (χ4v) is 2.08. The van der Waals surface area contributed by atoms with E-state index in [0.717, 1.165) is 0 Å². The van der Waals surface area contributed by atoms with Gasteiger partial charge in [0.25, 0.3) is 0 Å². The van der Waals surface area contributed by atoms with Gasteiger partial charge in [-0.25, -0.2) is 0 Å². The number of nitriles is 2. The number of hydrogen-bond donors (Lipinski definition) is 2. The molecule has 0 radical (unpaired) electrons. The third-order valence-corrected chi connectivity index (χ3v) is 3.10. The van der Waals surface area contributed by atoms with Crippen molar-refractivity contribution in [2.24, 2.45) is 0 Å². The molecule has 1 aromatic heterocycles. The molecule has 0 aliphatic rings. The molecular formula is C15H12ClN5O. The summed E-state index contributed by atoms with van der Waals surface area (Å²) >= 11 is 5.99. The Bertz CT molecular complexity index is 810. The quantitative estimate of drug-likeness (QED) is 0.843. The van der Waals surface area contributed by atoms with Gasteiger partial charge in [-0.3, -0.25) is 5.10 Å². The number of H-pyrrole nitrogens is 1. The van der Waals surface area contributed by atoms with Crippen LogP contribution in [0.3, 0.4) is 0 Å². The molecule has 0 aliphatic carbocycles. The molecule has 1 aromatic carbocycles. The van der Waals surface area contributed by atoms with Crippen molar-refractivity contribution in [2.75, 3.05) is 12.3 Å². The highest BCUT2D eigenvalue weighted by Crippen LogP contribution is 2.28. The second-order valence-corrected chi connectivity index (χ2v) is 4.69. The lowest BCUT2D eigenvalue weighted by molar-refractivity contribution is 0.339. The second kappa shape index (κ2) is 6.66. The molecule has 0 spiro atoms. The number of allylic oxidation sites excluding steroid dienone is 1. The molecule has 3 N–H and O–H groups in total. The van der Waals surface area contributed by atoms with Crippen LogP contribution in [0.1, 0.15) is 23.7 Å². The topological polar surface area (TPSA) is 112 Å². The van der Waals surface area contributed by atoms with Gasteiger partial charge < -0.3 is 10.5 Å². The van der Waals surface area contributed by atoms with Crippen LogP contribution in [0.2, 0.25) is 5.02 Å². The molecular weight excluding hydrogens is 302 g/mol. The van der Waals surface area contributed by atoms with Gasteiger partial charge in [-0.1, -0.05) is 11.6 Å². The van der Waals surface area contributed by atoms with Gasteiger partial charge in [0.15, 0.2) is 5.82 Å². The Morgan fingerprint density at radius 3 is 2.91 bits per heavy atom. The molecule has 0 saturated carbocycles. The number of anilines is 1. The monoisotopic (exact) mass is 313 g/mol. The van der Waals surface area contributed by atoms with E-state index in [1.54, 1.807) is 24.3 Å². The summed E-state index contributed by atoms with van der Waals surface area (Å²) in [5.41, 5.74) is 6.83. The summed E-state index contributed by atoms with van der Waals surface area (Å²) in [6.45, 7) is 2.33. The fourth-order valence-electron chi connectivity index (χ4n) is 1.90. The van der Waals surface area contributed by atoms with E-state index in [-0.39, 0.29) is 22.6 Å². The number of aromatic amines is 1. The van der Waals surface area contributed by atoms with Crippen molar-refractivity contribution in [2.45, 2.75) is 6.92 Å². The molecule has 0 bridgehead atoms. The molecule has 1 heterocycles. The zero-order chi connectivity index (χ0) is 16.1. The fraction of sp³-hybridized carbons (Fsp3) is 0.133. The number of nitrogens with one attached hydrogen (secondary N) is 1. The van der Waals surface area contributed by atoms with Gasteiger partial charge in [0.05, 0.1) is 17.9 Å². The molecule has 0 fully saturated rings. The zero-order valence-electron chi connectivity index (χ0n) is 11.7. The van der Waals surface area contributed by atoms with E-state index in [4.69, 9.17) is 27.3 Å². The molecule has 0 atom stereocenters. The van der Waals surface area contributed by atoms with Gasteiger partial charge in [-0.2, -0.15) is 15.6 Å². The van der Waals surface area contributed by atoms with E-state index in [2.05, 4.69) is 10.2 Å². The Morgan fingerprint density at radius 2 is 2.27 bits per heavy atom. The highest BCUT2D eigenvalue weighted by atomic mass is 35.5. The van der Waals surface area contributed by atoms with Gasteiger partial charge in [0, 0.05) is 10.6 Å². The van der Waals surface area contributed by atoms with Crippen LogP contribution in [0.5, 0.6) is 5.75 Å². The second-order valence-electron chi connectivity index (χ2n) is 4.26. The van der Waals surface area contributed by atoms with Crippen LogP contribution in [0.25, 0.3) is 11.6 Å². The number of hydrogen-bond acceptors (Lipinski definition) is 5. The smallest absolute Gasteiger partial charge is 0.163 e. The largest absolute Gasteiger partial charge is 0.493 e. The predicted octanol–water partition coefficient (Wildman–Crippen LogP) is 2.98. The molecule has 0 unspecified atom stereocenters. The zero-order valence-corrected chi connectivity index (χ0v) is 12.5. The van der Waals surface area contributed by atoms with Crippen LogP contribution in [-0.2, 0) is 0 Å². The Morgan fingerprint density at radius 1 is 1.50 bits per heavy atom. The summed E-state index contributed by atoms with van der Waals surface area (Å²) < 4.78 is 5.51. The summed E-state index contributed by atoms with van der Waals surface area (Å²) in [5, 5.41) is 25.3. The summed E-state index contributed by atoms with van der Waals surface area (Å²) in [5.74, 6) is 0.639. The van der Waals surface area contributed by atoms with E-state index in [0.29, 0.717) is 22.9 Å². The standard InChI is InChI=1S/C15H12ClN5O/c1-2-22-13-4-3-11(16)6-9(13)5-10(7-17)14-12(8-18)15(19)21-20-14/h3-6H,2H2,1H3,(H3,19,20,21). The van der Waals surface area contributed by atoms with Crippen LogP contribution in [0, 0.1) is 22.7 Å². The van der Waals surface area contributed by atoms with Crippen molar-refractivity contribution in [1.82, 2.24) is 10.2 Å². The number of nitrogen functional groups attached to an aromatic ring is 1. The Kier molecular flexibility index (Phi) is 4.67. The average molecular weight is 314 g/mol. The summed E-state index contributed by atoms with van der Waals surface area (Å²) in [7, 11) is 0. The van der Waals surface area contributed by atoms with E-state index in [9.17, 15) is 5.26 Å². The average Bonchev–Trinajstić information content (AvgIpc) is 2.88. The first-order valence-corrected chi connectivity index (χ1v) is 6.77. The van der Waals surface area contributed by atoms with Gasteiger partial charge in [-0.15, -0.1) is 0 Å². The van der Waals surface area contributed by atoms with Crippen molar-refractivity contribution >= 4 is 29.1 Å². The molecule has 22 heavy (non-hydrogen) atoms. The molecule has 0 amide bonds. The number of nitrogens with two attached hydrogens (primary N) is 1. The minimum Gasteiger partial charge on any atom is -0.493 e. The Hall–Kier alpha value is -2.96. The normalized spacial score (nSPS) is 10.8. The number of ether oxygens (including phenoxy) is 1. The van der Waals surface area contributed by atoms with Crippen molar-refractivity contribution in [1.29, 1.82) is 10.5 Å². The van der Waals surface area contributed by atoms with Gasteiger partial charge in [0.2, 0.25) is 0 Å². The third-order valence-electron chi connectivity index (χ3n) is 2.87. The third kappa shape index (κ3) is 3.03. The van der Waals surface area contributed by atoms with E-state index < -0.39 is 0 Å². The lowest BCUT2D eigenvalue weighted by Crippen LogP contribution is -1.95. The number of aromatic nitrogens is 2. The van der Waals surface area contributed by atoms with Crippen LogP contribution in [-0.4, -0.2) is 16.8 Å². The highest BCUT2D eigenvalue weighted by molar-refractivity contribution is 6.30. The Labute approximate surface area is 132 Å². The van der Waals surface area contributed by atoms with Crippen molar-refractivity contribution < 1.29 is 4.74 Å². The molecule has 2 rings (SSSR count). The maximum absolute atomic E-state index is 9.37. The van der Waals surface area contributed by atoms with Gasteiger partial charge >= 0.3 is 0 Å². The minimum atomic E-state index is 0.0507. The van der Waals surface area contributed by atoms with Gasteiger partial charge in [0.1, 0.15) is 23.5 Å². The maximum Gasteiger partial charge on any atom is 0.163 e. The first-order valence-electron chi connectivity index (χ1n) is 6.39. The Balaban J connectivity index is 2.57. The molecule has 0 saturated heterocycles. The molecule has 2 aromatic rings. The van der Waals surface area contributed by atoms with Crippen LogP contribution in [0.4, 0.5) is 5.82 Å². The number of nitrogens with zero attached hydrogens (tertiary/aromatic N) is 3.